The van der Waals surface area contributed by atoms with Crippen molar-refractivity contribution >= 4 is 11.9 Å². The molecule has 163 valence electrons. The van der Waals surface area contributed by atoms with Crippen LogP contribution in [0.3, 0.4) is 0 Å². The Balaban J connectivity index is -0.000000411. The summed E-state index contributed by atoms with van der Waals surface area (Å²) in [4.78, 5) is 20.3. The third-order valence-electron chi connectivity index (χ3n) is 4.10. The molecular formula is C22H40CuO4. The van der Waals surface area contributed by atoms with Gasteiger partial charge in [-0.25, -0.2) is 0 Å². The summed E-state index contributed by atoms with van der Waals surface area (Å²) in [7, 11) is 0. The van der Waals surface area contributed by atoms with Crippen molar-refractivity contribution in [3.8, 4) is 0 Å². The summed E-state index contributed by atoms with van der Waals surface area (Å²) in [6.45, 7) is 7.32. The van der Waals surface area contributed by atoms with Crippen molar-refractivity contribution in [3.63, 3.8) is 0 Å². The molecular weight excluding hydrogens is 392 g/mol. The predicted octanol–water partition coefficient (Wildman–Crippen LogP) is 6.75. The molecule has 0 aliphatic rings. The number of unbranched alkanes of at least 4 members (excludes halogenated alkanes) is 12. The van der Waals surface area contributed by atoms with E-state index in [0.717, 1.165) is 38.5 Å². The number of carbonyl (C=O) groups is 2. The monoisotopic (exact) mass is 431 g/mol. The molecule has 0 atom stereocenters. The minimum absolute atomic E-state index is 0. The minimum atomic E-state index is -0.674. The molecule has 0 aromatic carbocycles. The zero-order valence-corrected chi connectivity index (χ0v) is 17.8. The van der Waals surface area contributed by atoms with Gasteiger partial charge < -0.3 is 10.2 Å². The summed E-state index contributed by atoms with van der Waals surface area (Å²) in [5.74, 6) is -1.35. The molecule has 0 heterocycles. The standard InChI is InChI=1S/2C11H20O2.Cu/c2*1-2-3-4-5-6-7-8-9-10-11(12)13;/h2*2H,1,3-10H2,(H,12,13);. The van der Waals surface area contributed by atoms with E-state index in [1.165, 1.54) is 51.4 Å². The van der Waals surface area contributed by atoms with Crippen LogP contribution >= 0.6 is 0 Å². The fraction of sp³-hybridized carbons (Fsp3) is 0.727. The molecule has 0 aliphatic carbocycles. The molecule has 27 heavy (non-hydrogen) atoms. The second-order valence-electron chi connectivity index (χ2n) is 6.68. The first-order chi connectivity index (χ1) is 12.5. The van der Waals surface area contributed by atoms with Gasteiger partial charge in [-0.1, -0.05) is 63.5 Å². The molecule has 0 unspecified atom stereocenters. The van der Waals surface area contributed by atoms with Gasteiger partial charge in [0, 0.05) is 29.9 Å². The van der Waals surface area contributed by atoms with Gasteiger partial charge in [-0.05, 0) is 38.5 Å². The van der Waals surface area contributed by atoms with E-state index in [1.807, 2.05) is 12.2 Å². The summed E-state index contributed by atoms with van der Waals surface area (Å²) in [6.07, 6.45) is 20.3. The summed E-state index contributed by atoms with van der Waals surface area (Å²) >= 11 is 0. The van der Waals surface area contributed by atoms with Crippen molar-refractivity contribution in [1.29, 1.82) is 0 Å². The van der Waals surface area contributed by atoms with Crippen LogP contribution in [0.4, 0.5) is 0 Å². The average Bonchev–Trinajstić information content (AvgIpc) is 2.60. The average molecular weight is 432 g/mol. The molecule has 0 amide bonds. The molecule has 0 rings (SSSR count). The van der Waals surface area contributed by atoms with E-state index in [-0.39, 0.29) is 17.1 Å². The topological polar surface area (TPSA) is 74.6 Å². The molecule has 5 heteroatoms. The Morgan fingerprint density at radius 1 is 0.556 bits per heavy atom. The molecule has 0 fully saturated rings. The van der Waals surface area contributed by atoms with Gasteiger partial charge in [-0.15, -0.1) is 13.2 Å². The molecule has 0 aromatic rings. The van der Waals surface area contributed by atoms with Crippen LogP contribution < -0.4 is 0 Å². The first kappa shape index (κ1) is 30.7. The third-order valence-corrected chi connectivity index (χ3v) is 4.10. The molecule has 0 aromatic heterocycles. The Hall–Kier alpha value is -1.06. The van der Waals surface area contributed by atoms with Crippen LogP contribution in [-0.2, 0) is 26.7 Å². The second-order valence-corrected chi connectivity index (χ2v) is 6.68. The summed E-state index contributed by atoms with van der Waals surface area (Å²) < 4.78 is 0. The number of aliphatic carboxylic acids is 2. The fourth-order valence-electron chi connectivity index (χ4n) is 2.54. The van der Waals surface area contributed by atoms with Gasteiger partial charge in [0.2, 0.25) is 0 Å². The first-order valence-corrected chi connectivity index (χ1v) is 10.2. The minimum Gasteiger partial charge on any atom is -0.481 e. The Labute approximate surface area is 177 Å². The van der Waals surface area contributed by atoms with Crippen LogP contribution in [0, 0.1) is 0 Å². The van der Waals surface area contributed by atoms with Gasteiger partial charge >= 0.3 is 11.9 Å². The van der Waals surface area contributed by atoms with E-state index in [1.54, 1.807) is 0 Å². The van der Waals surface area contributed by atoms with Crippen molar-refractivity contribution in [2.75, 3.05) is 0 Å². The van der Waals surface area contributed by atoms with Gasteiger partial charge in [0.25, 0.3) is 0 Å². The van der Waals surface area contributed by atoms with Gasteiger partial charge in [-0.3, -0.25) is 9.59 Å². The van der Waals surface area contributed by atoms with E-state index in [4.69, 9.17) is 10.2 Å². The Kier molecular flexibility index (Phi) is 30.8. The Bertz CT molecular complexity index is 322. The van der Waals surface area contributed by atoms with Crippen molar-refractivity contribution in [3.05, 3.63) is 25.3 Å². The fourth-order valence-corrected chi connectivity index (χ4v) is 2.54. The van der Waals surface area contributed by atoms with Gasteiger partial charge in [0.05, 0.1) is 0 Å². The Morgan fingerprint density at radius 2 is 0.815 bits per heavy atom. The van der Waals surface area contributed by atoms with E-state index < -0.39 is 11.9 Å². The quantitative estimate of drug-likeness (QED) is 0.143. The molecule has 4 nitrogen and oxygen atoms in total. The zero-order chi connectivity index (χ0) is 19.9. The maximum absolute atomic E-state index is 10.2. The van der Waals surface area contributed by atoms with E-state index in [0.29, 0.717) is 12.8 Å². The van der Waals surface area contributed by atoms with E-state index in [9.17, 15) is 9.59 Å². The number of allylic oxidation sites excluding steroid dienone is 2. The van der Waals surface area contributed by atoms with Gasteiger partial charge in [0.15, 0.2) is 0 Å². The van der Waals surface area contributed by atoms with Crippen LogP contribution in [0.15, 0.2) is 25.3 Å². The normalized spacial score (nSPS) is 9.48. The van der Waals surface area contributed by atoms with Crippen molar-refractivity contribution in [1.82, 2.24) is 0 Å². The second kappa shape index (κ2) is 27.2. The number of carboxylic acid groups (broad SMARTS) is 2. The summed E-state index contributed by atoms with van der Waals surface area (Å²) in [5, 5.41) is 16.8. The van der Waals surface area contributed by atoms with Crippen molar-refractivity contribution in [2.45, 2.75) is 103 Å². The first-order valence-electron chi connectivity index (χ1n) is 10.2. The van der Waals surface area contributed by atoms with Crippen LogP contribution in [0.25, 0.3) is 0 Å². The number of rotatable bonds is 18. The SMILES string of the molecule is C=CCCCCCCCCC(=O)O.C=CCCCCCCCCC(=O)O.[Cu]. The third kappa shape index (κ3) is 36.6. The van der Waals surface area contributed by atoms with Crippen LogP contribution in [-0.4, -0.2) is 22.2 Å². The molecule has 0 spiro atoms. The van der Waals surface area contributed by atoms with Crippen molar-refractivity contribution < 1.29 is 36.9 Å². The molecule has 1 radical (unpaired) electrons. The van der Waals surface area contributed by atoms with Gasteiger partial charge in [0.1, 0.15) is 0 Å². The number of hydrogen-bond acceptors (Lipinski definition) is 2. The van der Waals surface area contributed by atoms with Crippen LogP contribution in [0.5, 0.6) is 0 Å². The molecule has 0 saturated heterocycles. The van der Waals surface area contributed by atoms with Crippen molar-refractivity contribution in [2.24, 2.45) is 0 Å². The van der Waals surface area contributed by atoms with E-state index in [2.05, 4.69) is 13.2 Å². The number of carboxylic acids is 2. The largest absolute Gasteiger partial charge is 0.481 e. The van der Waals surface area contributed by atoms with E-state index >= 15 is 0 Å². The van der Waals surface area contributed by atoms with Gasteiger partial charge in [-0.2, -0.15) is 0 Å². The number of hydrogen-bond donors (Lipinski definition) is 2. The smallest absolute Gasteiger partial charge is 0.303 e. The maximum Gasteiger partial charge on any atom is 0.303 e. The zero-order valence-electron chi connectivity index (χ0n) is 16.9. The maximum atomic E-state index is 10.2. The van der Waals surface area contributed by atoms with Crippen LogP contribution in [0.1, 0.15) is 103 Å². The molecule has 2 N–H and O–H groups in total. The summed E-state index contributed by atoms with van der Waals surface area (Å²) in [5.41, 5.74) is 0. The molecule has 0 aliphatic heterocycles. The summed E-state index contributed by atoms with van der Waals surface area (Å²) in [6, 6.07) is 0. The molecule has 0 bridgehead atoms. The van der Waals surface area contributed by atoms with Crippen LogP contribution in [0.2, 0.25) is 0 Å². The predicted molar refractivity (Wildman–Crippen MR) is 110 cm³/mol. The molecule has 0 saturated carbocycles. The Morgan fingerprint density at radius 3 is 1.07 bits per heavy atom.